The molecule has 0 amide bonds. The van der Waals surface area contributed by atoms with Gasteiger partial charge in [-0.05, 0) is 12.9 Å². The summed E-state index contributed by atoms with van der Waals surface area (Å²) >= 11 is 0. The number of rotatable bonds is 3. The molecule has 0 radical (unpaired) electrons. The van der Waals surface area contributed by atoms with Crippen LogP contribution in [0.25, 0.3) is 0 Å². The van der Waals surface area contributed by atoms with E-state index in [-0.39, 0.29) is 18.1 Å². The molecule has 104 valence electrons. The molecule has 1 fully saturated rings. The van der Waals surface area contributed by atoms with Gasteiger partial charge in [0, 0.05) is 4.11 Å². The summed E-state index contributed by atoms with van der Waals surface area (Å²) in [5.41, 5.74) is 0. The minimum Gasteiger partial charge on any atom is -0.400 e. The molecule has 2 rings (SSSR count). The number of hydrazone groups is 1. The van der Waals surface area contributed by atoms with Crippen LogP contribution < -0.4 is 0 Å². The van der Waals surface area contributed by atoms with Crippen molar-refractivity contribution < 1.29 is 23.2 Å². The topological polar surface area (TPSA) is 106 Å². The molecule has 2 heterocycles. The van der Waals surface area contributed by atoms with Crippen molar-refractivity contribution in [3.05, 3.63) is 28.0 Å². The SMILES string of the molecule is [2H]C([2H])([2H])C1([2H])CS(=O)(=O)CCN1/N=C/c1ccc([N+](=O)[O-])o1. The molecule has 1 aromatic heterocycles. The van der Waals surface area contributed by atoms with E-state index in [0.29, 0.717) is 0 Å². The first kappa shape index (κ1) is 9.08. The molecule has 1 aliphatic rings. The maximum absolute atomic E-state index is 11.7. The lowest BCUT2D eigenvalue weighted by atomic mass is 10.4. The highest BCUT2D eigenvalue weighted by atomic mass is 32.2. The molecule has 0 aliphatic carbocycles. The summed E-state index contributed by atoms with van der Waals surface area (Å²) in [6, 6.07) is -0.0812. The Morgan fingerprint density at radius 1 is 1.74 bits per heavy atom. The summed E-state index contributed by atoms with van der Waals surface area (Å²) in [6.07, 6.45) is 1.01. The van der Waals surface area contributed by atoms with E-state index < -0.39 is 39.3 Å². The molecule has 19 heavy (non-hydrogen) atoms. The summed E-state index contributed by atoms with van der Waals surface area (Å²) in [4.78, 5) is 9.76. The van der Waals surface area contributed by atoms with Crippen LogP contribution in [0, 0.1) is 10.1 Å². The van der Waals surface area contributed by atoms with Gasteiger partial charge in [-0.1, -0.05) is 0 Å². The normalized spacial score (nSPS) is 30.4. The third kappa shape index (κ3) is 3.31. The fourth-order valence-electron chi connectivity index (χ4n) is 1.48. The minimum absolute atomic E-state index is 0.0157. The van der Waals surface area contributed by atoms with Crippen molar-refractivity contribution in [2.24, 2.45) is 5.10 Å². The molecule has 0 N–H and O–H groups in total. The van der Waals surface area contributed by atoms with Crippen LogP contribution >= 0.6 is 0 Å². The molecule has 8 nitrogen and oxygen atoms in total. The van der Waals surface area contributed by atoms with E-state index in [1.54, 1.807) is 0 Å². The van der Waals surface area contributed by atoms with E-state index >= 15 is 0 Å². The molecule has 0 spiro atoms. The van der Waals surface area contributed by atoms with Gasteiger partial charge in [-0.15, -0.1) is 0 Å². The van der Waals surface area contributed by atoms with Crippen LogP contribution in [0.2, 0.25) is 0 Å². The van der Waals surface area contributed by atoms with Crippen LogP contribution in [-0.2, 0) is 9.84 Å². The van der Waals surface area contributed by atoms with Crippen molar-refractivity contribution in [3.63, 3.8) is 0 Å². The van der Waals surface area contributed by atoms with Crippen molar-refractivity contribution in [3.8, 4) is 0 Å². The Kier molecular flexibility index (Phi) is 2.39. The molecule has 1 unspecified atom stereocenters. The van der Waals surface area contributed by atoms with E-state index in [0.717, 1.165) is 17.3 Å². The Balaban J connectivity index is 2.29. The van der Waals surface area contributed by atoms with Crippen molar-refractivity contribution in [2.75, 3.05) is 18.1 Å². The Morgan fingerprint density at radius 3 is 3.16 bits per heavy atom. The fourth-order valence-corrected chi connectivity index (χ4v) is 2.64. The lowest BCUT2D eigenvalue weighted by Crippen LogP contribution is -2.43. The highest BCUT2D eigenvalue weighted by molar-refractivity contribution is 7.91. The first-order valence-electron chi connectivity index (χ1n) is 7.21. The summed E-state index contributed by atoms with van der Waals surface area (Å²) in [7, 11) is -3.67. The van der Waals surface area contributed by atoms with E-state index in [1.165, 1.54) is 6.07 Å². The Labute approximate surface area is 115 Å². The molecular formula is C10H13N3O5S. The zero-order valence-corrected chi connectivity index (χ0v) is 10.5. The smallest absolute Gasteiger partial charge is 0.400 e. The quantitative estimate of drug-likeness (QED) is 0.459. The second kappa shape index (κ2) is 5.00. The monoisotopic (exact) mass is 291 g/mol. The van der Waals surface area contributed by atoms with Gasteiger partial charge in [0.05, 0.1) is 37.7 Å². The lowest BCUT2D eigenvalue weighted by molar-refractivity contribution is -0.402. The molecule has 1 aromatic rings. The average molecular weight is 291 g/mol. The van der Waals surface area contributed by atoms with Crippen LogP contribution in [0.3, 0.4) is 0 Å². The first-order chi connectivity index (χ1) is 10.4. The number of sulfone groups is 1. The van der Waals surface area contributed by atoms with Gasteiger partial charge in [0.1, 0.15) is 4.92 Å². The van der Waals surface area contributed by atoms with Gasteiger partial charge in [0.15, 0.2) is 15.6 Å². The third-order valence-electron chi connectivity index (χ3n) is 2.40. The van der Waals surface area contributed by atoms with E-state index in [2.05, 4.69) is 5.10 Å². The highest BCUT2D eigenvalue weighted by Crippen LogP contribution is 2.15. The van der Waals surface area contributed by atoms with Crippen LogP contribution in [-0.4, -0.2) is 48.6 Å². The second-order valence-electron chi connectivity index (χ2n) is 3.84. The summed E-state index contributed by atoms with van der Waals surface area (Å²) in [6.45, 7) is -3.18. The van der Waals surface area contributed by atoms with Crippen LogP contribution in [0.5, 0.6) is 0 Å². The zero-order chi connectivity index (χ0) is 17.5. The van der Waals surface area contributed by atoms with E-state index in [9.17, 15) is 18.5 Å². The zero-order valence-electron chi connectivity index (χ0n) is 13.6. The fraction of sp³-hybridized carbons (Fsp3) is 0.500. The number of nitro groups is 1. The standard InChI is InChI=1S/C10H13N3O5S/c1-8-7-19(16,17)5-4-12(8)11-6-9-2-3-10(18-9)13(14)15/h2-3,6,8H,4-5,7H2,1H3/b11-6+/i1D3,8D. The number of hydrogen-bond donors (Lipinski definition) is 0. The predicted octanol–water partition coefficient (Wildman–Crippen LogP) is 0.641. The molecular weight excluding hydrogens is 274 g/mol. The van der Waals surface area contributed by atoms with Crippen LogP contribution in [0.1, 0.15) is 18.1 Å². The predicted molar refractivity (Wildman–Crippen MR) is 67.8 cm³/mol. The molecule has 0 bridgehead atoms. The number of hydrogen-bond acceptors (Lipinski definition) is 7. The van der Waals surface area contributed by atoms with Crippen molar-refractivity contribution in [1.82, 2.24) is 5.01 Å². The number of nitrogens with zero attached hydrogens (tertiary/aromatic N) is 3. The maximum atomic E-state index is 11.7. The van der Waals surface area contributed by atoms with E-state index in [1.807, 2.05) is 0 Å². The van der Waals surface area contributed by atoms with Crippen LogP contribution in [0.15, 0.2) is 21.7 Å². The average Bonchev–Trinajstić information content (AvgIpc) is 2.84. The molecule has 1 aliphatic heterocycles. The summed E-state index contributed by atoms with van der Waals surface area (Å²) in [5.74, 6) is -1.75. The molecule has 0 saturated carbocycles. The van der Waals surface area contributed by atoms with Gasteiger partial charge in [-0.25, -0.2) is 8.42 Å². The van der Waals surface area contributed by atoms with Gasteiger partial charge in [0.25, 0.3) is 0 Å². The Morgan fingerprint density at radius 2 is 2.53 bits per heavy atom. The van der Waals surface area contributed by atoms with Crippen LogP contribution in [0.4, 0.5) is 5.88 Å². The Hall–Kier alpha value is -1.90. The number of furan rings is 1. The van der Waals surface area contributed by atoms with Gasteiger partial charge >= 0.3 is 5.88 Å². The van der Waals surface area contributed by atoms with Gasteiger partial charge in [-0.2, -0.15) is 5.10 Å². The molecule has 0 aromatic carbocycles. The lowest BCUT2D eigenvalue weighted by Gasteiger charge is -2.30. The summed E-state index contributed by atoms with van der Waals surface area (Å²) < 4.78 is 58.5. The molecule has 1 atom stereocenters. The maximum Gasteiger partial charge on any atom is 0.433 e. The van der Waals surface area contributed by atoms with Gasteiger partial charge in [0.2, 0.25) is 0 Å². The molecule has 1 saturated heterocycles. The molecule has 9 heteroatoms. The van der Waals surface area contributed by atoms with Crippen molar-refractivity contribution in [2.45, 2.75) is 12.9 Å². The second-order valence-corrected chi connectivity index (χ2v) is 6.02. The Bertz CT molecular complexity index is 744. The van der Waals surface area contributed by atoms with Crippen molar-refractivity contribution in [1.29, 1.82) is 0 Å². The third-order valence-corrected chi connectivity index (χ3v) is 3.92. The minimum atomic E-state index is -3.67. The largest absolute Gasteiger partial charge is 0.433 e. The van der Waals surface area contributed by atoms with Gasteiger partial charge < -0.3 is 4.42 Å². The van der Waals surface area contributed by atoms with E-state index in [4.69, 9.17) is 9.90 Å². The van der Waals surface area contributed by atoms with Gasteiger partial charge in [-0.3, -0.25) is 15.1 Å². The van der Waals surface area contributed by atoms with Crippen molar-refractivity contribution >= 4 is 21.9 Å². The summed E-state index contributed by atoms with van der Waals surface area (Å²) in [5, 5.41) is 15.1. The highest BCUT2D eigenvalue weighted by Gasteiger charge is 2.27. The first-order valence-corrected chi connectivity index (χ1v) is 7.03.